The number of carbonyl (C=O) groups excluding carboxylic acids is 1. The fourth-order valence-corrected chi connectivity index (χ4v) is 2.91. The van der Waals surface area contributed by atoms with Crippen molar-refractivity contribution in [1.29, 1.82) is 5.26 Å². The minimum atomic E-state index is -1.15. The van der Waals surface area contributed by atoms with Gasteiger partial charge in [0, 0.05) is 5.38 Å². The van der Waals surface area contributed by atoms with Gasteiger partial charge in [-0.25, -0.2) is 13.8 Å². The molecule has 1 aromatic heterocycles. The van der Waals surface area contributed by atoms with E-state index >= 15 is 0 Å². The van der Waals surface area contributed by atoms with Crippen LogP contribution in [0.1, 0.15) is 17.8 Å². The Balaban J connectivity index is 2.30. The number of Topliss-reactive ketones (excluding diaryl/α,β-unsaturated/α-hetero) is 1. The molecule has 1 aromatic carbocycles. The van der Waals surface area contributed by atoms with E-state index in [1.807, 2.05) is 6.07 Å². The molecule has 4 nitrogen and oxygen atoms in total. The van der Waals surface area contributed by atoms with E-state index in [4.69, 9.17) is 4.74 Å². The first-order chi connectivity index (χ1) is 11.5. The molecule has 124 valence electrons. The van der Waals surface area contributed by atoms with E-state index < -0.39 is 29.4 Å². The second kappa shape index (κ2) is 7.90. The lowest BCUT2D eigenvalue weighted by atomic mass is 10.0. The molecule has 0 N–H and O–H groups in total. The van der Waals surface area contributed by atoms with Crippen LogP contribution in [-0.2, 0) is 9.53 Å². The van der Waals surface area contributed by atoms with Gasteiger partial charge in [-0.15, -0.1) is 17.9 Å². The highest BCUT2D eigenvalue weighted by atomic mass is 32.1. The van der Waals surface area contributed by atoms with E-state index in [2.05, 4.69) is 11.6 Å². The van der Waals surface area contributed by atoms with Gasteiger partial charge < -0.3 is 4.74 Å². The summed E-state index contributed by atoms with van der Waals surface area (Å²) in [6, 6.07) is 5.37. The normalized spacial score (nSPS) is 13.1. The summed E-state index contributed by atoms with van der Waals surface area (Å²) in [5.41, 5.74) is -0.224. The molecule has 0 bridgehead atoms. The third-order valence-electron chi connectivity index (χ3n) is 3.27. The minimum Gasteiger partial charge on any atom is -0.367 e. The van der Waals surface area contributed by atoms with Crippen molar-refractivity contribution in [2.24, 2.45) is 0 Å². The van der Waals surface area contributed by atoms with Crippen molar-refractivity contribution in [3.8, 4) is 17.3 Å². The van der Waals surface area contributed by atoms with Crippen molar-refractivity contribution in [3.05, 3.63) is 52.9 Å². The molecule has 2 rings (SSSR count). The summed E-state index contributed by atoms with van der Waals surface area (Å²) in [5, 5.41) is 10.9. The molecule has 0 amide bonds. The number of nitrogens with zero attached hydrogens (tertiary/aromatic N) is 2. The molecule has 2 aromatic rings. The third-order valence-corrected chi connectivity index (χ3v) is 4.18. The van der Waals surface area contributed by atoms with Crippen molar-refractivity contribution in [2.45, 2.75) is 18.9 Å². The van der Waals surface area contributed by atoms with Crippen LogP contribution in [0.3, 0.4) is 0 Å². The number of aromatic nitrogens is 1. The molecule has 2 atom stereocenters. The van der Waals surface area contributed by atoms with E-state index in [-0.39, 0.29) is 22.9 Å². The Morgan fingerprint density at radius 1 is 1.50 bits per heavy atom. The highest BCUT2D eigenvalue weighted by Crippen LogP contribution is 2.30. The number of hydrogen-bond acceptors (Lipinski definition) is 5. The van der Waals surface area contributed by atoms with E-state index in [1.165, 1.54) is 24.4 Å². The van der Waals surface area contributed by atoms with Gasteiger partial charge in [-0.05, 0) is 19.1 Å². The Morgan fingerprint density at radius 2 is 2.17 bits per heavy atom. The van der Waals surface area contributed by atoms with Crippen LogP contribution in [0.5, 0.6) is 0 Å². The summed E-state index contributed by atoms with van der Waals surface area (Å²) >= 11 is 1.00. The van der Waals surface area contributed by atoms with E-state index in [0.717, 1.165) is 23.5 Å². The first kappa shape index (κ1) is 17.9. The number of ether oxygens (including phenoxy) is 1. The van der Waals surface area contributed by atoms with Gasteiger partial charge in [0.2, 0.25) is 0 Å². The van der Waals surface area contributed by atoms with Crippen LogP contribution in [0.25, 0.3) is 11.3 Å². The highest BCUT2D eigenvalue weighted by molar-refractivity contribution is 7.10. The van der Waals surface area contributed by atoms with Gasteiger partial charge in [-0.3, -0.25) is 4.79 Å². The maximum Gasteiger partial charge on any atom is 0.185 e. The Morgan fingerprint density at radius 3 is 2.75 bits per heavy atom. The maximum atomic E-state index is 13.8. The summed E-state index contributed by atoms with van der Waals surface area (Å²) < 4.78 is 32.9. The molecular weight excluding hydrogens is 334 g/mol. The lowest BCUT2D eigenvalue weighted by molar-refractivity contribution is -0.129. The van der Waals surface area contributed by atoms with Crippen molar-refractivity contribution in [1.82, 2.24) is 4.98 Å². The number of benzene rings is 1. The lowest BCUT2D eigenvalue weighted by Gasteiger charge is -2.12. The van der Waals surface area contributed by atoms with E-state index in [1.54, 1.807) is 0 Å². The standard InChI is InChI=1S/C17H14F2N2O2S/c1-3-7-23-10(2)16(22)11(8-20)17-21-14(9-24-17)15-12(18)5-4-6-13(15)19/h3-6,9-11H,1,7H2,2H3. The van der Waals surface area contributed by atoms with Crippen LogP contribution < -0.4 is 0 Å². The fourth-order valence-electron chi connectivity index (χ4n) is 2.05. The monoisotopic (exact) mass is 348 g/mol. The molecular formula is C17H14F2N2O2S. The second-order valence-corrected chi connectivity index (χ2v) is 5.79. The topological polar surface area (TPSA) is 63.0 Å². The van der Waals surface area contributed by atoms with Gasteiger partial charge in [0.25, 0.3) is 0 Å². The average molecular weight is 348 g/mol. The van der Waals surface area contributed by atoms with Gasteiger partial charge >= 0.3 is 0 Å². The Kier molecular flexibility index (Phi) is 5.90. The van der Waals surface area contributed by atoms with E-state index in [9.17, 15) is 18.8 Å². The van der Waals surface area contributed by atoms with Crippen LogP contribution in [0.2, 0.25) is 0 Å². The first-order valence-electron chi connectivity index (χ1n) is 7.05. The average Bonchev–Trinajstić information content (AvgIpc) is 3.02. The van der Waals surface area contributed by atoms with Crippen molar-refractivity contribution >= 4 is 17.1 Å². The number of ketones is 1. The smallest absolute Gasteiger partial charge is 0.185 e. The zero-order valence-electron chi connectivity index (χ0n) is 12.8. The van der Waals surface area contributed by atoms with Crippen LogP contribution >= 0.6 is 11.3 Å². The van der Waals surface area contributed by atoms with Gasteiger partial charge in [-0.2, -0.15) is 5.26 Å². The van der Waals surface area contributed by atoms with Gasteiger partial charge in [0.1, 0.15) is 22.7 Å². The molecule has 0 spiro atoms. The summed E-state index contributed by atoms with van der Waals surface area (Å²) in [5.74, 6) is -3.13. The second-order valence-electron chi connectivity index (χ2n) is 4.90. The van der Waals surface area contributed by atoms with Crippen molar-refractivity contribution < 1.29 is 18.3 Å². The SMILES string of the molecule is C=CCOC(C)C(=O)C(C#N)c1nc(-c2c(F)cccc2F)cs1. The number of nitriles is 1. The molecule has 1 heterocycles. The molecule has 7 heteroatoms. The van der Waals surface area contributed by atoms with Crippen molar-refractivity contribution in [3.63, 3.8) is 0 Å². The zero-order valence-corrected chi connectivity index (χ0v) is 13.6. The largest absolute Gasteiger partial charge is 0.367 e. The predicted molar refractivity (Wildman–Crippen MR) is 86.4 cm³/mol. The lowest BCUT2D eigenvalue weighted by Crippen LogP contribution is -2.26. The number of rotatable bonds is 7. The van der Waals surface area contributed by atoms with Gasteiger partial charge in [-0.1, -0.05) is 12.1 Å². The quantitative estimate of drug-likeness (QED) is 0.713. The number of hydrogen-bond donors (Lipinski definition) is 0. The Bertz CT molecular complexity index is 778. The molecule has 0 fully saturated rings. The summed E-state index contributed by atoms with van der Waals surface area (Å²) in [6.45, 7) is 5.19. The minimum absolute atomic E-state index is 0.0540. The summed E-state index contributed by atoms with van der Waals surface area (Å²) in [6.07, 6.45) is 0.679. The number of carbonyl (C=O) groups is 1. The Hall–Kier alpha value is -2.43. The summed E-state index contributed by atoms with van der Waals surface area (Å²) in [7, 11) is 0. The van der Waals surface area contributed by atoms with Crippen LogP contribution in [0, 0.1) is 23.0 Å². The van der Waals surface area contributed by atoms with E-state index in [0.29, 0.717) is 0 Å². The molecule has 0 aliphatic carbocycles. The first-order valence-corrected chi connectivity index (χ1v) is 7.93. The van der Waals surface area contributed by atoms with Crippen molar-refractivity contribution in [2.75, 3.05) is 6.61 Å². The Labute approximate surface area is 142 Å². The molecule has 0 aliphatic rings. The third kappa shape index (κ3) is 3.72. The fraction of sp³-hybridized carbons (Fsp3) is 0.235. The molecule has 24 heavy (non-hydrogen) atoms. The van der Waals surface area contributed by atoms with Crippen LogP contribution in [0.15, 0.2) is 36.2 Å². The van der Waals surface area contributed by atoms with Crippen LogP contribution in [-0.4, -0.2) is 23.5 Å². The maximum absolute atomic E-state index is 13.8. The van der Waals surface area contributed by atoms with Gasteiger partial charge in [0.05, 0.1) is 23.9 Å². The highest BCUT2D eigenvalue weighted by Gasteiger charge is 2.29. The molecule has 0 saturated carbocycles. The molecule has 2 unspecified atom stereocenters. The number of thiazole rings is 1. The molecule has 0 saturated heterocycles. The number of halogens is 2. The van der Waals surface area contributed by atoms with Crippen LogP contribution in [0.4, 0.5) is 8.78 Å². The molecule has 0 radical (unpaired) electrons. The van der Waals surface area contributed by atoms with Gasteiger partial charge in [0.15, 0.2) is 11.7 Å². The molecule has 0 aliphatic heterocycles. The zero-order chi connectivity index (χ0) is 17.7. The summed E-state index contributed by atoms with van der Waals surface area (Å²) in [4.78, 5) is 16.4. The predicted octanol–water partition coefficient (Wildman–Crippen LogP) is 3.86.